The molecule has 2 aromatic carbocycles. The Morgan fingerprint density at radius 3 is 2.19 bits per heavy atom. The van der Waals surface area contributed by atoms with Crippen molar-refractivity contribution in [3.8, 4) is 11.5 Å². The zero-order valence-electron chi connectivity index (χ0n) is 12.7. The van der Waals surface area contributed by atoms with Gasteiger partial charge in [-0.1, -0.05) is 50.5 Å². The number of hydrogen-bond donors (Lipinski definition) is 2. The highest BCUT2D eigenvalue weighted by atomic mass is 16.3. The van der Waals surface area contributed by atoms with Crippen molar-refractivity contribution in [3.63, 3.8) is 0 Å². The molecule has 2 heteroatoms. The molecule has 0 bridgehead atoms. The number of aromatic hydroxyl groups is 2. The molecular formula is C19H24O2. The average molecular weight is 284 g/mol. The summed E-state index contributed by atoms with van der Waals surface area (Å²) in [4.78, 5) is 0. The Kier molecular flexibility index (Phi) is 5.68. The van der Waals surface area contributed by atoms with Crippen LogP contribution in [0.25, 0.3) is 0 Å². The Labute approximate surface area is 127 Å². The first-order valence-corrected chi connectivity index (χ1v) is 7.77. The third kappa shape index (κ3) is 5.14. The van der Waals surface area contributed by atoms with E-state index in [1.165, 1.54) is 42.9 Å². The van der Waals surface area contributed by atoms with Crippen LogP contribution in [0.15, 0.2) is 42.5 Å². The molecule has 0 aliphatic rings. The quantitative estimate of drug-likeness (QED) is 0.716. The minimum absolute atomic E-state index is 0.112. The van der Waals surface area contributed by atoms with Crippen LogP contribution in [0.1, 0.15) is 49.3 Å². The summed E-state index contributed by atoms with van der Waals surface area (Å²) in [6.45, 7) is 2.23. The number of phenolic OH excluding ortho intramolecular Hbond substituents is 2. The Balaban J connectivity index is 2.00. The number of unbranched alkanes of at least 4 members (excludes halogenated alkanes) is 3. The molecule has 112 valence electrons. The summed E-state index contributed by atoms with van der Waals surface area (Å²) < 4.78 is 0. The lowest BCUT2D eigenvalue weighted by Crippen LogP contribution is -1.92. The molecule has 0 fully saturated rings. The molecule has 21 heavy (non-hydrogen) atoms. The van der Waals surface area contributed by atoms with Gasteiger partial charge >= 0.3 is 0 Å². The van der Waals surface area contributed by atoms with E-state index < -0.39 is 0 Å². The summed E-state index contributed by atoms with van der Waals surface area (Å²) in [5, 5.41) is 19.1. The van der Waals surface area contributed by atoms with Crippen LogP contribution in [0, 0.1) is 0 Å². The smallest absolute Gasteiger partial charge is 0.119 e. The summed E-state index contributed by atoms with van der Waals surface area (Å²) in [5.74, 6) is 0.224. The summed E-state index contributed by atoms with van der Waals surface area (Å²) in [6, 6.07) is 13.3. The molecule has 0 saturated heterocycles. The molecule has 0 saturated carbocycles. The van der Waals surface area contributed by atoms with E-state index in [4.69, 9.17) is 0 Å². The second-order valence-electron chi connectivity index (χ2n) is 5.67. The lowest BCUT2D eigenvalue weighted by atomic mass is 9.99. The Bertz CT molecular complexity index is 555. The van der Waals surface area contributed by atoms with Crippen LogP contribution in [-0.4, -0.2) is 10.2 Å². The molecule has 0 aliphatic carbocycles. The number of phenols is 2. The summed E-state index contributed by atoms with van der Waals surface area (Å²) in [6.07, 6.45) is 6.96. The van der Waals surface area contributed by atoms with Gasteiger partial charge < -0.3 is 10.2 Å². The van der Waals surface area contributed by atoms with Crippen LogP contribution >= 0.6 is 0 Å². The molecule has 0 amide bonds. The van der Waals surface area contributed by atoms with Crippen molar-refractivity contribution in [3.05, 3.63) is 59.2 Å². The second kappa shape index (κ2) is 7.72. The van der Waals surface area contributed by atoms with E-state index in [9.17, 15) is 10.2 Å². The molecule has 2 N–H and O–H groups in total. The van der Waals surface area contributed by atoms with E-state index in [-0.39, 0.29) is 11.5 Å². The molecule has 2 aromatic rings. The second-order valence-corrected chi connectivity index (χ2v) is 5.67. The van der Waals surface area contributed by atoms with Gasteiger partial charge in [-0.25, -0.2) is 0 Å². The molecule has 0 spiro atoms. The van der Waals surface area contributed by atoms with Crippen LogP contribution in [0.3, 0.4) is 0 Å². The highest BCUT2D eigenvalue weighted by Gasteiger charge is 2.02. The maximum absolute atomic E-state index is 9.53. The van der Waals surface area contributed by atoms with Gasteiger partial charge in [0.25, 0.3) is 0 Å². The lowest BCUT2D eigenvalue weighted by Gasteiger charge is -2.07. The van der Waals surface area contributed by atoms with Crippen molar-refractivity contribution >= 4 is 0 Å². The molecule has 0 aromatic heterocycles. The number of rotatable bonds is 7. The van der Waals surface area contributed by atoms with Gasteiger partial charge in [0.05, 0.1) is 0 Å². The number of hydrogen-bond acceptors (Lipinski definition) is 2. The van der Waals surface area contributed by atoms with Crippen LogP contribution in [0.4, 0.5) is 0 Å². The standard InChI is InChI=1S/C19H24O2/c1-2-3-4-5-7-15-8-6-9-16(10-15)11-17-12-18(20)14-19(21)13-17/h6,8-10,12-14,20-21H,2-5,7,11H2,1H3. The molecule has 0 unspecified atom stereocenters. The van der Waals surface area contributed by atoms with E-state index in [0.717, 1.165) is 18.4 Å². The van der Waals surface area contributed by atoms with Gasteiger partial charge in [-0.15, -0.1) is 0 Å². The zero-order chi connectivity index (χ0) is 15.1. The fourth-order valence-electron chi connectivity index (χ4n) is 2.65. The molecule has 2 nitrogen and oxygen atoms in total. The van der Waals surface area contributed by atoms with Crippen molar-refractivity contribution in [1.29, 1.82) is 0 Å². The van der Waals surface area contributed by atoms with Crippen molar-refractivity contribution < 1.29 is 10.2 Å². The molecular weight excluding hydrogens is 260 g/mol. The summed E-state index contributed by atoms with van der Waals surface area (Å²) >= 11 is 0. The van der Waals surface area contributed by atoms with Crippen molar-refractivity contribution in [2.24, 2.45) is 0 Å². The third-order valence-corrected chi connectivity index (χ3v) is 3.68. The zero-order valence-corrected chi connectivity index (χ0v) is 12.7. The fourth-order valence-corrected chi connectivity index (χ4v) is 2.65. The molecule has 0 aliphatic heterocycles. The first-order chi connectivity index (χ1) is 10.2. The number of aryl methyl sites for hydroxylation is 1. The molecule has 0 atom stereocenters. The first-order valence-electron chi connectivity index (χ1n) is 7.77. The van der Waals surface area contributed by atoms with E-state index >= 15 is 0 Å². The van der Waals surface area contributed by atoms with Crippen molar-refractivity contribution in [1.82, 2.24) is 0 Å². The maximum Gasteiger partial charge on any atom is 0.119 e. The van der Waals surface area contributed by atoms with Crippen molar-refractivity contribution in [2.45, 2.75) is 45.4 Å². The maximum atomic E-state index is 9.53. The normalized spacial score (nSPS) is 10.7. The highest BCUT2D eigenvalue weighted by Crippen LogP contribution is 2.23. The van der Waals surface area contributed by atoms with Crippen LogP contribution in [0.2, 0.25) is 0 Å². The lowest BCUT2D eigenvalue weighted by molar-refractivity contribution is 0.449. The van der Waals surface area contributed by atoms with Gasteiger partial charge in [-0.05, 0) is 48.1 Å². The summed E-state index contributed by atoms with van der Waals surface area (Å²) in [7, 11) is 0. The number of benzene rings is 2. The Morgan fingerprint density at radius 2 is 1.48 bits per heavy atom. The largest absolute Gasteiger partial charge is 0.508 e. The van der Waals surface area contributed by atoms with E-state index in [1.807, 2.05) is 0 Å². The average Bonchev–Trinajstić information content (AvgIpc) is 2.43. The van der Waals surface area contributed by atoms with Gasteiger partial charge in [-0.3, -0.25) is 0 Å². The minimum Gasteiger partial charge on any atom is -0.508 e. The first kappa shape index (κ1) is 15.4. The SMILES string of the molecule is CCCCCCc1cccc(Cc2cc(O)cc(O)c2)c1. The minimum atomic E-state index is 0.112. The summed E-state index contributed by atoms with van der Waals surface area (Å²) in [5.41, 5.74) is 3.51. The fraction of sp³-hybridized carbons (Fsp3) is 0.368. The van der Waals surface area contributed by atoms with Crippen LogP contribution in [-0.2, 0) is 12.8 Å². The third-order valence-electron chi connectivity index (χ3n) is 3.68. The van der Waals surface area contributed by atoms with Crippen LogP contribution in [0.5, 0.6) is 11.5 Å². The predicted octanol–water partition coefficient (Wildman–Crippen LogP) is 4.81. The molecule has 2 rings (SSSR count). The monoisotopic (exact) mass is 284 g/mol. The molecule has 0 heterocycles. The topological polar surface area (TPSA) is 40.5 Å². The van der Waals surface area contributed by atoms with Crippen LogP contribution < -0.4 is 0 Å². The van der Waals surface area contributed by atoms with Gasteiger partial charge in [0.1, 0.15) is 11.5 Å². The van der Waals surface area contributed by atoms with Gasteiger partial charge in [0, 0.05) is 6.07 Å². The van der Waals surface area contributed by atoms with E-state index in [0.29, 0.717) is 0 Å². The van der Waals surface area contributed by atoms with E-state index in [2.05, 4.69) is 31.2 Å². The Morgan fingerprint density at radius 1 is 0.762 bits per heavy atom. The molecule has 0 radical (unpaired) electrons. The predicted molar refractivity (Wildman–Crippen MR) is 86.9 cm³/mol. The highest BCUT2D eigenvalue weighted by molar-refractivity contribution is 5.39. The van der Waals surface area contributed by atoms with Gasteiger partial charge in [-0.2, -0.15) is 0 Å². The van der Waals surface area contributed by atoms with Gasteiger partial charge in [0.2, 0.25) is 0 Å². The van der Waals surface area contributed by atoms with E-state index in [1.54, 1.807) is 12.1 Å². The Hall–Kier alpha value is -1.96. The van der Waals surface area contributed by atoms with Crippen molar-refractivity contribution in [2.75, 3.05) is 0 Å². The van der Waals surface area contributed by atoms with Gasteiger partial charge in [0.15, 0.2) is 0 Å².